The third kappa shape index (κ3) is 3.63. The Balaban J connectivity index is 1.68. The Kier molecular flexibility index (Phi) is 4.47. The Morgan fingerprint density at radius 3 is 2.78 bits per heavy atom. The summed E-state index contributed by atoms with van der Waals surface area (Å²) in [7, 11) is 0. The molecule has 1 N–H and O–H groups in total. The Bertz CT molecular complexity index is 796. The highest BCUT2D eigenvalue weighted by atomic mass is 16.1. The van der Waals surface area contributed by atoms with E-state index < -0.39 is 0 Å². The van der Waals surface area contributed by atoms with Gasteiger partial charge in [-0.2, -0.15) is 5.10 Å². The first-order valence-electron chi connectivity index (χ1n) is 7.56. The number of benzene rings is 1. The zero-order valence-electron chi connectivity index (χ0n) is 12.9. The summed E-state index contributed by atoms with van der Waals surface area (Å²) in [5, 5.41) is 7.04. The highest BCUT2D eigenvalue weighted by Gasteiger charge is 2.08. The summed E-state index contributed by atoms with van der Waals surface area (Å²) in [6, 6.07) is 12.0. The molecule has 2 heterocycles. The van der Waals surface area contributed by atoms with Gasteiger partial charge in [0, 0.05) is 31.7 Å². The smallest absolute Gasteiger partial charge is 0.254 e. The van der Waals surface area contributed by atoms with E-state index in [0.29, 0.717) is 12.1 Å². The van der Waals surface area contributed by atoms with Gasteiger partial charge in [-0.1, -0.05) is 24.3 Å². The summed E-state index contributed by atoms with van der Waals surface area (Å²) < 4.78 is 1.73. The summed E-state index contributed by atoms with van der Waals surface area (Å²) in [5.41, 5.74) is 3.77. The Hall–Kier alpha value is -2.95. The lowest BCUT2D eigenvalue weighted by molar-refractivity contribution is 0.0951. The SMILES string of the molecule is CCn1cc(C(=O)NCc2cccc(-c3cccnc3)c2)cn1. The lowest BCUT2D eigenvalue weighted by atomic mass is 10.0. The first kappa shape index (κ1) is 15.0. The van der Waals surface area contributed by atoms with Crippen molar-refractivity contribution in [1.29, 1.82) is 0 Å². The van der Waals surface area contributed by atoms with Crippen LogP contribution in [0.2, 0.25) is 0 Å². The molecule has 5 heteroatoms. The van der Waals surface area contributed by atoms with Gasteiger partial charge in [-0.15, -0.1) is 0 Å². The maximum absolute atomic E-state index is 12.1. The van der Waals surface area contributed by atoms with Gasteiger partial charge in [-0.05, 0) is 35.7 Å². The lowest BCUT2D eigenvalue weighted by Gasteiger charge is -2.07. The first-order valence-corrected chi connectivity index (χ1v) is 7.56. The molecule has 5 nitrogen and oxygen atoms in total. The number of aryl methyl sites for hydroxylation is 1. The molecule has 0 spiro atoms. The summed E-state index contributed by atoms with van der Waals surface area (Å²) in [6.07, 6.45) is 6.92. The number of carbonyl (C=O) groups excluding carboxylic acids is 1. The van der Waals surface area contributed by atoms with Gasteiger partial charge in [-0.3, -0.25) is 14.5 Å². The Labute approximate surface area is 135 Å². The largest absolute Gasteiger partial charge is 0.348 e. The number of nitrogens with one attached hydrogen (secondary N) is 1. The molecule has 0 aliphatic carbocycles. The molecule has 0 unspecified atom stereocenters. The molecule has 0 saturated carbocycles. The molecule has 3 aromatic rings. The highest BCUT2D eigenvalue weighted by molar-refractivity contribution is 5.93. The highest BCUT2D eigenvalue weighted by Crippen LogP contribution is 2.19. The van der Waals surface area contributed by atoms with Crippen molar-refractivity contribution < 1.29 is 4.79 Å². The monoisotopic (exact) mass is 306 g/mol. The Morgan fingerprint density at radius 2 is 2.04 bits per heavy atom. The second kappa shape index (κ2) is 6.87. The van der Waals surface area contributed by atoms with Crippen LogP contribution in [0.3, 0.4) is 0 Å². The maximum atomic E-state index is 12.1. The van der Waals surface area contributed by atoms with Crippen LogP contribution in [0.1, 0.15) is 22.8 Å². The van der Waals surface area contributed by atoms with Gasteiger partial charge in [-0.25, -0.2) is 0 Å². The standard InChI is InChI=1S/C18H18N4O/c1-2-22-13-17(12-21-22)18(23)20-10-14-5-3-6-15(9-14)16-7-4-8-19-11-16/h3-9,11-13H,2,10H2,1H3,(H,20,23). The summed E-state index contributed by atoms with van der Waals surface area (Å²) in [6.45, 7) is 3.21. The van der Waals surface area contributed by atoms with Crippen molar-refractivity contribution >= 4 is 5.91 Å². The average Bonchev–Trinajstić information content (AvgIpc) is 3.10. The Morgan fingerprint density at radius 1 is 1.17 bits per heavy atom. The third-order valence-electron chi connectivity index (χ3n) is 3.59. The maximum Gasteiger partial charge on any atom is 0.254 e. The number of rotatable bonds is 5. The van der Waals surface area contributed by atoms with Crippen molar-refractivity contribution in [2.24, 2.45) is 0 Å². The van der Waals surface area contributed by atoms with E-state index in [-0.39, 0.29) is 5.91 Å². The fourth-order valence-electron chi connectivity index (χ4n) is 2.33. The number of hydrogen-bond donors (Lipinski definition) is 1. The van der Waals surface area contributed by atoms with Crippen LogP contribution in [-0.2, 0) is 13.1 Å². The van der Waals surface area contributed by atoms with Crippen molar-refractivity contribution in [3.63, 3.8) is 0 Å². The predicted octanol–water partition coefficient (Wildman–Crippen LogP) is 2.90. The van der Waals surface area contributed by atoms with Gasteiger partial charge < -0.3 is 5.32 Å². The van der Waals surface area contributed by atoms with Crippen LogP contribution in [0.4, 0.5) is 0 Å². The molecular formula is C18H18N4O. The molecule has 0 fully saturated rings. The summed E-state index contributed by atoms with van der Waals surface area (Å²) in [4.78, 5) is 16.3. The minimum absolute atomic E-state index is 0.114. The molecule has 116 valence electrons. The van der Waals surface area contributed by atoms with E-state index in [4.69, 9.17) is 0 Å². The summed E-state index contributed by atoms with van der Waals surface area (Å²) >= 11 is 0. The topological polar surface area (TPSA) is 59.8 Å². The molecule has 1 amide bonds. The molecule has 1 aromatic carbocycles. The quantitative estimate of drug-likeness (QED) is 0.788. The molecule has 23 heavy (non-hydrogen) atoms. The summed E-state index contributed by atoms with van der Waals surface area (Å²) in [5.74, 6) is -0.114. The van der Waals surface area contributed by atoms with Gasteiger partial charge >= 0.3 is 0 Å². The van der Waals surface area contributed by atoms with Crippen LogP contribution in [0, 0.1) is 0 Å². The zero-order valence-corrected chi connectivity index (χ0v) is 12.9. The third-order valence-corrected chi connectivity index (χ3v) is 3.59. The van der Waals surface area contributed by atoms with E-state index in [0.717, 1.165) is 23.2 Å². The zero-order chi connectivity index (χ0) is 16.1. The van der Waals surface area contributed by atoms with E-state index in [2.05, 4.69) is 21.5 Å². The van der Waals surface area contributed by atoms with Crippen molar-refractivity contribution in [1.82, 2.24) is 20.1 Å². The van der Waals surface area contributed by atoms with Crippen molar-refractivity contribution in [3.05, 3.63) is 72.3 Å². The van der Waals surface area contributed by atoms with Crippen molar-refractivity contribution in [3.8, 4) is 11.1 Å². The van der Waals surface area contributed by atoms with Gasteiger partial charge in [0.05, 0.1) is 11.8 Å². The van der Waals surface area contributed by atoms with Gasteiger partial charge in [0.15, 0.2) is 0 Å². The fraction of sp³-hybridized carbons (Fsp3) is 0.167. The molecular weight excluding hydrogens is 288 g/mol. The minimum Gasteiger partial charge on any atom is -0.348 e. The number of carbonyl (C=O) groups is 1. The van der Waals surface area contributed by atoms with Gasteiger partial charge in [0.25, 0.3) is 5.91 Å². The number of pyridine rings is 1. The second-order valence-corrected chi connectivity index (χ2v) is 5.21. The molecule has 0 bridgehead atoms. The molecule has 2 aromatic heterocycles. The molecule has 0 atom stereocenters. The minimum atomic E-state index is -0.114. The van der Waals surface area contributed by atoms with E-state index in [1.165, 1.54) is 0 Å². The normalized spacial score (nSPS) is 10.5. The van der Waals surface area contributed by atoms with Crippen LogP contribution < -0.4 is 5.32 Å². The van der Waals surface area contributed by atoms with Crippen molar-refractivity contribution in [2.45, 2.75) is 20.0 Å². The molecule has 3 rings (SSSR count). The van der Waals surface area contributed by atoms with Crippen LogP contribution in [0.15, 0.2) is 61.2 Å². The molecule has 0 saturated heterocycles. The average molecular weight is 306 g/mol. The number of nitrogens with zero attached hydrogens (tertiary/aromatic N) is 3. The molecule has 0 aliphatic rings. The number of aromatic nitrogens is 3. The van der Waals surface area contributed by atoms with Crippen LogP contribution in [-0.4, -0.2) is 20.7 Å². The number of hydrogen-bond acceptors (Lipinski definition) is 3. The van der Waals surface area contributed by atoms with E-state index in [9.17, 15) is 4.79 Å². The van der Waals surface area contributed by atoms with E-state index in [1.807, 2.05) is 43.5 Å². The molecule has 0 aliphatic heterocycles. The number of amides is 1. The van der Waals surface area contributed by atoms with E-state index in [1.54, 1.807) is 23.3 Å². The van der Waals surface area contributed by atoms with Crippen LogP contribution in [0.25, 0.3) is 11.1 Å². The predicted molar refractivity (Wildman–Crippen MR) is 88.7 cm³/mol. The van der Waals surface area contributed by atoms with Gasteiger partial charge in [0.2, 0.25) is 0 Å². The van der Waals surface area contributed by atoms with E-state index >= 15 is 0 Å². The van der Waals surface area contributed by atoms with Gasteiger partial charge in [0.1, 0.15) is 0 Å². The lowest BCUT2D eigenvalue weighted by Crippen LogP contribution is -2.22. The fourth-order valence-corrected chi connectivity index (χ4v) is 2.33. The molecule has 0 radical (unpaired) electrons. The first-order chi connectivity index (χ1) is 11.3. The van der Waals surface area contributed by atoms with Crippen molar-refractivity contribution in [2.75, 3.05) is 0 Å². The second-order valence-electron chi connectivity index (χ2n) is 5.21. The van der Waals surface area contributed by atoms with Crippen LogP contribution in [0.5, 0.6) is 0 Å². The van der Waals surface area contributed by atoms with Crippen LogP contribution >= 0.6 is 0 Å².